The summed E-state index contributed by atoms with van der Waals surface area (Å²) >= 11 is 0. The average Bonchev–Trinajstić information content (AvgIpc) is 2.54. The van der Waals surface area contributed by atoms with Crippen LogP contribution in [0.15, 0.2) is 58.3 Å². The fourth-order valence-corrected chi connectivity index (χ4v) is 4.07. The molecule has 0 spiro atoms. The van der Waals surface area contributed by atoms with Gasteiger partial charge < -0.3 is 0 Å². The van der Waals surface area contributed by atoms with Crippen LogP contribution in [0.3, 0.4) is 0 Å². The third-order valence-electron chi connectivity index (χ3n) is 3.40. The van der Waals surface area contributed by atoms with Crippen molar-refractivity contribution in [3.05, 3.63) is 59.7 Å². The highest BCUT2D eigenvalue weighted by molar-refractivity contribution is 7.91. The molecule has 0 saturated carbocycles. The molecular weight excluding hydrogens is 348 g/mol. The third-order valence-corrected chi connectivity index (χ3v) is 6.31. The molecule has 126 valence electrons. The topological polar surface area (TPSA) is 95.3 Å². The summed E-state index contributed by atoms with van der Waals surface area (Å²) in [6, 6.07) is 13.9. The van der Waals surface area contributed by atoms with Gasteiger partial charge in [-0.05, 0) is 35.9 Å². The lowest BCUT2D eigenvalue weighted by molar-refractivity contribution is 0.466. The van der Waals surface area contributed by atoms with Crippen LogP contribution in [0.5, 0.6) is 0 Å². The quantitative estimate of drug-likeness (QED) is 0.806. The van der Waals surface area contributed by atoms with Gasteiger partial charge in [-0.2, -0.15) is 9.57 Å². The molecule has 0 radical (unpaired) electrons. The van der Waals surface area contributed by atoms with Gasteiger partial charge in [0.15, 0.2) is 9.84 Å². The van der Waals surface area contributed by atoms with Gasteiger partial charge in [-0.15, -0.1) is 0 Å². The largest absolute Gasteiger partial charge is 0.243 e. The molecule has 0 N–H and O–H groups in total. The highest BCUT2D eigenvalue weighted by Crippen LogP contribution is 2.20. The van der Waals surface area contributed by atoms with E-state index in [2.05, 4.69) is 0 Å². The number of nitriles is 1. The summed E-state index contributed by atoms with van der Waals surface area (Å²) < 4.78 is 49.6. The fraction of sp³-hybridized carbons (Fsp3) is 0.188. The van der Waals surface area contributed by atoms with Crippen molar-refractivity contribution in [1.29, 1.82) is 5.26 Å². The zero-order chi connectivity index (χ0) is 18.0. The van der Waals surface area contributed by atoms with Crippen LogP contribution in [-0.4, -0.2) is 34.4 Å². The van der Waals surface area contributed by atoms with Gasteiger partial charge in [-0.1, -0.05) is 18.2 Å². The van der Waals surface area contributed by atoms with E-state index in [9.17, 15) is 16.8 Å². The van der Waals surface area contributed by atoms with Crippen molar-refractivity contribution in [2.45, 2.75) is 16.3 Å². The highest BCUT2D eigenvalue weighted by Gasteiger charge is 2.22. The minimum absolute atomic E-state index is 0.0524. The molecule has 8 heteroatoms. The third kappa shape index (κ3) is 4.00. The van der Waals surface area contributed by atoms with Crippen LogP contribution in [0.25, 0.3) is 0 Å². The van der Waals surface area contributed by atoms with Crippen molar-refractivity contribution >= 4 is 19.9 Å². The van der Waals surface area contributed by atoms with Crippen LogP contribution in [0.1, 0.15) is 11.1 Å². The number of hydrogen-bond acceptors (Lipinski definition) is 5. The molecule has 0 aliphatic rings. The van der Waals surface area contributed by atoms with Crippen LogP contribution >= 0.6 is 0 Å². The fourth-order valence-electron chi connectivity index (χ4n) is 2.13. The summed E-state index contributed by atoms with van der Waals surface area (Å²) in [5.74, 6) is 0. The molecule has 0 fully saturated rings. The normalized spacial score (nSPS) is 12.1. The first-order chi connectivity index (χ1) is 11.1. The molecule has 2 aromatic rings. The Morgan fingerprint density at radius 1 is 1.00 bits per heavy atom. The van der Waals surface area contributed by atoms with Crippen molar-refractivity contribution in [3.63, 3.8) is 0 Å². The van der Waals surface area contributed by atoms with Gasteiger partial charge in [0.1, 0.15) is 0 Å². The molecule has 0 heterocycles. The van der Waals surface area contributed by atoms with Crippen LogP contribution < -0.4 is 0 Å². The first-order valence-corrected chi connectivity index (χ1v) is 10.2. The summed E-state index contributed by atoms with van der Waals surface area (Å²) in [6.45, 7) is 0.0704. The SMILES string of the molecule is CN(Cc1cccc(C#N)c1)S(=O)(=O)c1cccc(S(C)(=O)=O)c1. The minimum atomic E-state index is -3.85. The molecule has 0 atom stereocenters. The van der Waals surface area contributed by atoms with Gasteiger partial charge in [0.2, 0.25) is 10.0 Å². The van der Waals surface area contributed by atoms with E-state index < -0.39 is 19.9 Å². The Bertz CT molecular complexity index is 1010. The second-order valence-corrected chi connectivity index (χ2v) is 9.38. The Kier molecular flexibility index (Phi) is 5.08. The van der Waals surface area contributed by atoms with E-state index in [1.807, 2.05) is 6.07 Å². The van der Waals surface area contributed by atoms with E-state index in [-0.39, 0.29) is 16.3 Å². The van der Waals surface area contributed by atoms with Crippen molar-refractivity contribution < 1.29 is 16.8 Å². The lowest BCUT2D eigenvalue weighted by Crippen LogP contribution is -2.26. The van der Waals surface area contributed by atoms with Gasteiger partial charge in [0.05, 0.1) is 21.4 Å². The van der Waals surface area contributed by atoms with Gasteiger partial charge in [0.25, 0.3) is 0 Å². The Morgan fingerprint density at radius 2 is 1.62 bits per heavy atom. The number of hydrogen-bond donors (Lipinski definition) is 0. The summed E-state index contributed by atoms with van der Waals surface area (Å²) in [7, 11) is -5.95. The van der Waals surface area contributed by atoms with Crippen molar-refractivity contribution in [2.24, 2.45) is 0 Å². The molecule has 2 rings (SSSR count). The minimum Gasteiger partial charge on any atom is -0.224 e. The van der Waals surface area contributed by atoms with E-state index in [1.165, 1.54) is 25.2 Å². The highest BCUT2D eigenvalue weighted by atomic mass is 32.2. The van der Waals surface area contributed by atoms with Crippen molar-refractivity contribution in [3.8, 4) is 6.07 Å². The molecule has 0 unspecified atom stereocenters. The number of nitrogens with zero attached hydrogens (tertiary/aromatic N) is 2. The van der Waals surface area contributed by atoms with E-state index in [0.29, 0.717) is 11.1 Å². The number of sulfone groups is 1. The average molecular weight is 364 g/mol. The van der Waals surface area contributed by atoms with Gasteiger partial charge >= 0.3 is 0 Å². The molecule has 6 nitrogen and oxygen atoms in total. The van der Waals surface area contributed by atoms with Crippen LogP contribution in [0, 0.1) is 11.3 Å². The molecule has 0 aliphatic heterocycles. The van der Waals surface area contributed by atoms with Crippen molar-refractivity contribution in [2.75, 3.05) is 13.3 Å². The monoisotopic (exact) mass is 364 g/mol. The van der Waals surface area contributed by atoms with E-state index in [1.54, 1.807) is 24.3 Å². The molecule has 0 aromatic heterocycles. The Morgan fingerprint density at radius 3 is 2.25 bits per heavy atom. The van der Waals surface area contributed by atoms with Crippen LogP contribution in [-0.2, 0) is 26.4 Å². The first kappa shape index (κ1) is 18.1. The maximum atomic E-state index is 12.6. The Hall–Kier alpha value is -2.21. The van der Waals surface area contributed by atoms with Gasteiger partial charge in [0, 0.05) is 19.8 Å². The molecule has 2 aromatic carbocycles. The smallest absolute Gasteiger partial charge is 0.224 e. The summed E-state index contributed by atoms with van der Waals surface area (Å²) in [6.07, 6.45) is 1.02. The standard InChI is InChI=1S/C16H16N2O4S2/c1-18(12-14-6-3-5-13(9-14)11-17)24(21,22)16-8-4-7-15(10-16)23(2,19)20/h3-10H,12H2,1-2H3. The molecule has 0 bridgehead atoms. The molecule has 0 aliphatic carbocycles. The Balaban J connectivity index is 2.34. The summed E-state index contributed by atoms with van der Waals surface area (Å²) in [4.78, 5) is -0.146. The lowest BCUT2D eigenvalue weighted by Gasteiger charge is -2.17. The Labute approximate surface area is 141 Å². The molecule has 0 saturated heterocycles. The second-order valence-electron chi connectivity index (χ2n) is 5.32. The number of rotatable bonds is 5. The van der Waals surface area contributed by atoms with E-state index >= 15 is 0 Å². The first-order valence-electron chi connectivity index (χ1n) is 6.90. The van der Waals surface area contributed by atoms with E-state index in [0.717, 1.165) is 16.6 Å². The van der Waals surface area contributed by atoms with E-state index in [4.69, 9.17) is 5.26 Å². The summed E-state index contributed by atoms with van der Waals surface area (Å²) in [5.41, 5.74) is 1.11. The predicted molar refractivity (Wildman–Crippen MR) is 89.4 cm³/mol. The van der Waals surface area contributed by atoms with Crippen LogP contribution in [0.4, 0.5) is 0 Å². The maximum Gasteiger partial charge on any atom is 0.243 e. The number of sulfonamides is 1. The zero-order valence-electron chi connectivity index (χ0n) is 13.2. The summed E-state index contributed by atoms with van der Waals surface area (Å²) in [5, 5.41) is 8.90. The van der Waals surface area contributed by atoms with Crippen LogP contribution in [0.2, 0.25) is 0 Å². The zero-order valence-corrected chi connectivity index (χ0v) is 14.8. The molecule has 24 heavy (non-hydrogen) atoms. The molecule has 0 amide bonds. The predicted octanol–water partition coefficient (Wildman–Crippen LogP) is 1.78. The van der Waals surface area contributed by atoms with Crippen molar-refractivity contribution in [1.82, 2.24) is 4.31 Å². The van der Waals surface area contributed by atoms with Gasteiger partial charge in [-0.25, -0.2) is 16.8 Å². The molecular formula is C16H16N2O4S2. The van der Waals surface area contributed by atoms with Gasteiger partial charge in [-0.3, -0.25) is 0 Å². The lowest BCUT2D eigenvalue weighted by atomic mass is 10.1. The number of benzene rings is 2. The second kappa shape index (κ2) is 6.73. The maximum absolute atomic E-state index is 12.6.